The van der Waals surface area contributed by atoms with E-state index in [1.54, 1.807) is 6.20 Å². The van der Waals surface area contributed by atoms with E-state index in [1.807, 2.05) is 48.5 Å². The number of rotatable bonds is 6. The van der Waals surface area contributed by atoms with Crippen LogP contribution in [-0.2, 0) is 10.8 Å². The normalized spacial score (nSPS) is 12.3. The second-order valence-corrected chi connectivity index (χ2v) is 9.13. The van der Waals surface area contributed by atoms with E-state index in [4.69, 9.17) is 15.7 Å². The minimum Gasteiger partial charge on any atom is -0.396 e. The quantitative estimate of drug-likeness (QED) is 0.490. The molecule has 3 aromatic heterocycles. The van der Waals surface area contributed by atoms with E-state index in [9.17, 15) is 4.21 Å². The number of unbranched alkanes of at least 4 members (excludes halogenated alkanes) is 1. The van der Waals surface area contributed by atoms with Gasteiger partial charge in [-0.3, -0.25) is 9.19 Å². The number of hydrogen-bond donors (Lipinski definition) is 1. The van der Waals surface area contributed by atoms with Gasteiger partial charge in [0.1, 0.15) is 14.7 Å². The first-order valence-corrected chi connectivity index (χ1v) is 11.3. The van der Waals surface area contributed by atoms with Crippen LogP contribution in [0.25, 0.3) is 33.0 Å². The van der Waals surface area contributed by atoms with Crippen LogP contribution in [-0.4, -0.2) is 24.9 Å². The van der Waals surface area contributed by atoms with Crippen molar-refractivity contribution in [1.82, 2.24) is 15.0 Å². The van der Waals surface area contributed by atoms with Gasteiger partial charge in [0.2, 0.25) is 0 Å². The summed E-state index contributed by atoms with van der Waals surface area (Å²) in [5.41, 5.74) is 9.38. The third-order valence-corrected chi connectivity index (χ3v) is 7.38. The van der Waals surface area contributed by atoms with Gasteiger partial charge in [0.25, 0.3) is 0 Å². The maximum absolute atomic E-state index is 12.8. The van der Waals surface area contributed by atoms with Gasteiger partial charge in [-0.2, -0.15) is 0 Å². The Kier molecular flexibility index (Phi) is 5.45. The van der Waals surface area contributed by atoms with Crippen molar-refractivity contribution in [1.29, 1.82) is 0 Å². The molecule has 4 rings (SSSR count). The molecule has 3 heterocycles. The summed E-state index contributed by atoms with van der Waals surface area (Å²) in [4.78, 5) is 14.6. The molecule has 0 bridgehead atoms. The highest BCUT2D eigenvalue weighted by Crippen LogP contribution is 2.41. The Morgan fingerprint density at radius 1 is 1.07 bits per heavy atom. The number of pyridine rings is 1. The van der Waals surface area contributed by atoms with Gasteiger partial charge in [-0.05, 0) is 18.6 Å². The second kappa shape index (κ2) is 8.16. The van der Waals surface area contributed by atoms with Crippen LogP contribution in [0.5, 0.6) is 0 Å². The summed E-state index contributed by atoms with van der Waals surface area (Å²) in [6.45, 7) is 2.09. The Balaban J connectivity index is 1.95. The summed E-state index contributed by atoms with van der Waals surface area (Å²) in [6, 6.07) is 15.5. The number of hydrogen-bond acceptors (Lipinski definition) is 6. The molecule has 142 valence electrons. The molecule has 4 aromatic rings. The number of aromatic nitrogens is 3. The molecule has 0 aliphatic rings. The van der Waals surface area contributed by atoms with Crippen LogP contribution in [0.4, 0.5) is 5.69 Å². The Morgan fingerprint density at radius 3 is 2.57 bits per heavy atom. The van der Waals surface area contributed by atoms with Crippen molar-refractivity contribution in [2.24, 2.45) is 0 Å². The van der Waals surface area contributed by atoms with Crippen LogP contribution in [0.1, 0.15) is 19.8 Å². The lowest BCUT2D eigenvalue weighted by atomic mass is 10.1. The third kappa shape index (κ3) is 3.55. The van der Waals surface area contributed by atoms with Crippen molar-refractivity contribution in [3.8, 4) is 22.8 Å². The molecule has 0 radical (unpaired) electrons. The van der Waals surface area contributed by atoms with E-state index < -0.39 is 10.8 Å². The van der Waals surface area contributed by atoms with Gasteiger partial charge < -0.3 is 5.73 Å². The van der Waals surface area contributed by atoms with E-state index >= 15 is 0 Å². The molecule has 7 heteroatoms. The zero-order valence-electron chi connectivity index (χ0n) is 15.5. The van der Waals surface area contributed by atoms with Crippen molar-refractivity contribution >= 4 is 38.0 Å². The number of anilines is 1. The molecular formula is C21H20N4OS2. The second-order valence-electron chi connectivity index (χ2n) is 6.36. The summed E-state index contributed by atoms with van der Waals surface area (Å²) in [6.07, 6.45) is 3.62. The molecule has 0 saturated carbocycles. The highest BCUT2D eigenvalue weighted by atomic mass is 32.2. The standard InChI is InChI=1S/C21H20N4OS2/c1-2-3-13-28(26)21-17(22)16-18(14-9-5-4-6-10-14)24-19(25-20(16)27-21)15-11-7-8-12-23-15/h4-12H,2-3,13,22H2,1H3. The predicted molar refractivity (Wildman–Crippen MR) is 117 cm³/mol. The Labute approximate surface area is 170 Å². The van der Waals surface area contributed by atoms with Crippen LogP contribution >= 0.6 is 11.3 Å². The van der Waals surface area contributed by atoms with Crippen molar-refractivity contribution in [2.45, 2.75) is 24.0 Å². The van der Waals surface area contributed by atoms with E-state index in [0.29, 0.717) is 27.2 Å². The lowest BCUT2D eigenvalue weighted by molar-refractivity contribution is 0.681. The van der Waals surface area contributed by atoms with Crippen molar-refractivity contribution in [3.63, 3.8) is 0 Å². The minimum atomic E-state index is -1.13. The highest BCUT2D eigenvalue weighted by molar-refractivity contribution is 7.87. The Bertz CT molecular complexity index is 1130. The van der Waals surface area contributed by atoms with Crippen LogP contribution in [0, 0.1) is 0 Å². The van der Waals surface area contributed by atoms with Crippen molar-refractivity contribution < 1.29 is 4.21 Å². The van der Waals surface area contributed by atoms with Gasteiger partial charge in [-0.15, -0.1) is 11.3 Å². The van der Waals surface area contributed by atoms with Gasteiger partial charge in [-0.25, -0.2) is 9.97 Å². The smallest absolute Gasteiger partial charge is 0.180 e. The maximum Gasteiger partial charge on any atom is 0.180 e. The van der Waals surface area contributed by atoms with Gasteiger partial charge in [0.15, 0.2) is 5.82 Å². The monoisotopic (exact) mass is 408 g/mol. The molecule has 5 nitrogen and oxygen atoms in total. The van der Waals surface area contributed by atoms with E-state index in [0.717, 1.165) is 34.3 Å². The fourth-order valence-corrected chi connectivity index (χ4v) is 5.72. The average molecular weight is 409 g/mol. The molecule has 0 aliphatic carbocycles. The van der Waals surface area contributed by atoms with E-state index in [1.165, 1.54) is 11.3 Å². The zero-order chi connectivity index (χ0) is 19.5. The van der Waals surface area contributed by atoms with Crippen LogP contribution in [0.15, 0.2) is 58.9 Å². The van der Waals surface area contributed by atoms with Gasteiger partial charge in [0, 0.05) is 17.5 Å². The van der Waals surface area contributed by atoms with Gasteiger partial charge in [0.05, 0.1) is 27.6 Å². The SMILES string of the molecule is CCCCS(=O)c1sc2nc(-c3ccccn3)nc(-c3ccccc3)c2c1N. The number of fused-ring (bicyclic) bond motifs is 1. The Morgan fingerprint density at radius 2 is 1.86 bits per heavy atom. The molecule has 1 aromatic carbocycles. The average Bonchev–Trinajstić information content (AvgIpc) is 3.09. The number of nitrogens with zero attached hydrogens (tertiary/aromatic N) is 3. The molecule has 2 N–H and O–H groups in total. The predicted octanol–water partition coefficient (Wildman–Crippen LogP) is 4.91. The molecule has 0 spiro atoms. The number of nitrogens with two attached hydrogens (primary N) is 1. The van der Waals surface area contributed by atoms with Crippen LogP contribution < -0.4 is 5.73 Å². The van der Waals surface area contributed by atoms with Crippen molar-refractivity contribution in [2.75, 3.05) is 11.5 Å². The number of nitrogen functional groups attached to an aromatic ring is 1. The van der Waals surface area contributed by atoms with Crippen LogP contribution in [0.2, 0.25) is 0 Å². The maximum atomic E-state index is 12.8. The molecule has 1 unspecified atom stereocenters. The van der Waals surface area contributed by atoms with E-state index in [-0.39, 0.29) is 0 Å². The Hall–Kier alpha value is -2.64. The summed E-state index contributed by atoms with van der Waals surface area (Å²) < 4.78 is 13.5. The topological polar surface area (TPSA) is 81.8 Å². The van der Waals surface area contributed by atoms with Crippen molar-refractivity contribution in [3.05, 3.63) is 54.7 Å². The summed E-state index contributed by atoms with van der Waals surface area (Å²) in [7, 11) is -1.13. The molecule has 0 amide bonds. The lowest BCUT2D eigenvalue weighted by Gasteiger charge is -2.07. The fourth-order valence-electron chi connectivity index (χ4n) is 2.95. The summed E-state index contributed by atoms with van der Waals surface area (Å²) >= 11 is 1.40. The molecule has 1 atom stereocenters. The molecule has 0 fully saturated rings. The molecule has 28 heavy (non-hydrogen) atoms. The first-order chi connectivity index (χ1) is 13.7. The van der Waals surface area contributed by atoms with E-state index in [2.05, 4.69) is 11.9 Å². The number of thiophene rings is 1. The third-order valence-electron chi connectivity index (χ3n) is 4.39. The number of benzene rings is 1. The highest BCUT2D eigenvalue weighted by Gasteiger charge is 2.21. The zero-order valence-corrected chi connectivity index (χ0v) is 17.1. The first-order valence-electron chi connectivity index (χ1n) is 9.14. The summed E-state index contributed by atoms with van der Waals surface area (Å²) in [5.74, 6) is 1.15. The fraction of sp³-hybridized carbons (Fsp3) is 0.190. The summed E-state index contributed by atoms with van der Waals surface area (Å²) in [5, 5.41) is 0.774. The first kappa shape index (κ1) is 18.7. The molecular weight excluding hydrogens is 388 g/mol. The van der Waals surface area contributed by atoms with Crippen LogP contribution in [0.3, 0.4) is 0 Å². The largest absolute Gasteiger partial charge is 0.396 e. The minimum absolute atomic E-state index is 0.529. The molecule has 0 saturated heterocycles. The van der Waals surface area contributed by atoms with Gasteiger partial charge in [-0.1, -0.05) is 49.7 Å². The lowest BCUT2D eigenvalue weighted by Crippen LogP contribution is -1.99. The van der Waals surface area contributed by atoms with Gasteiger partial charge >= 0.3 is 0 Å². The molecule has 0 aliphatic heterocycles.